The predicted octanol–water partition coefficient (Wildman–Crippen LogP) is 2.54. The Bertz CT molecular complexity index is 436. The summed E-state index contributed by atoms with van der Waals surface area (Å²) in [6.07, 6.45) is 0. The number of carbonyl (C=O) groups is 1. The Morgan fingerprint density at radius 2 is 2.00 bits per heavy atom. The zero-order valence-corrected chi connectivity index (χ0v) is 11.8. The van der Waals surface area contributed by atoms with Crippen molar-refractivity contribution in [2.45, 2.75) is 20.8 Å². The van der Waals surface area contributed by atoms with Crippen LogP contribution in [-0.2, 0) is 4.74 Å². The van der Waals surface area contributed by atoms with Gasteiger partial charge in [-0.25, -0.2) is 4.79 Å². The van der Waals surface area contributed by atoms with Crippen LogP contribution in [0.3, 0.4) is 0 Å². The van der Waals surface area contributed by atoms with E-state index in [1.54, 1.807) is 12.1 Å². The molecule has 4 nitrogen and oxygen atoms in total. The van der Waals surface area contributed by atoms with Crippen molar-refractivity contribution in [2.24, 2.45) is 5.41 Å². The van der Waals surface area contributed by atoms with Gasteiger partial charge >= 0.3 is 5.97 Å². The molecule has 0 aliphatic heterocycles. The van der Waals surface area contributed by atoms with Gasteiger partial charge in [-0.15, -0.1) is 0 Å². The van der Waals surface area contributed by atoms with Gasteiger partial charge in [-0.2, -0.15) is 0 Å². The highest BCUT2D eigenvalue weighted by Gasteiger charge is 2.16. The van der Waals surface area contributed by atoms with Crippen molar-refractivity contribution in [1.82, 2.24) is 0 Å². The SMILES string of the molecule is COC(=O)c1ccc(N(C)CC(C)(C)C)c(N)c1. The molecule has 0 heterocycles. The Morgan fingerprint density at radius 3 is 2.44 bits per heavy atom. The topological polar surface area (TPSA) is 55.6 Å². The number of carbonyl (C=O) groups excluding carboxylic acids is 1. The maximum absolute atomic E-state index is 11.4. The summed E-state index contributed by atoms with van der Waals surface area (Å²) in [5.41, 5.74) is 8.16. The second-order valence-electron chi connectivity index (χ2n) is 5.68. The molecule has 0 fully saturated rings. The van der Waals surface area contributed by atoms with Crippen molar-refractivity contribution in [3.63, 3.8) is 0 Å². The molecule has 0 atom stereocenters. The summed E-state index contributed by atoms with van der Waals surface area (Å²) in [6, 6.07) is 5.24. The van der Waals surface area contributed by atoms with Gasteiger partial charge in [-0.05, 0) is 23.6 Å². The predicted molar refractivity (Wildman–Crippen MR) is 74.9 cm³/mol. The fourth-order valence-electron chi connectivity index (χ4n) is 1.94. The number of nitrogens with zero attached hydrogens (tertiary/aromatic N) is 1. The molecular formula is C14H22N2O2. The van der Waals surface area contributed by atoms with Crippen molar-refractivity contribution < 1.29 is 9.53 Å². The van der Waals surface area contributed by atoms with Gasteiger partial charge < -0.3 is 15.4 Å². The average Bonchev–Trinajstić information content (AvgIpc) is 2.25. The molecule has 0 bridgehead atoms. The van der Waals surface area contributed by atoms with Crippen molar-refractivity contribution in [3.05, 3.63) is 23.8 Å². The molecule has 1 aromatic carbocycles. The van der Waals surface area contributed by atoms with E-state index in [9.17, 15) is 4.79 Å². The van der Waals surface area contributed by atoms with Crippen LogP contribution >= 0.6 is 0 Å². The van der Waals surface area contributed by atoms with Gasteiger partial charge in [0.2, 0.25) is 0 Å². The third kappa shape index (κ3) is 3.65. The molecule has 0 aliphatic carbocycles. The number of ether oxygens (including phenoxy) is 1. The van der Waals surface area contributed by atoms with E-state index >= 15 is 0 Å². The second kappa shape index (κ2) is 5.29. The minimum atomic E-state index is -0.369. The molecule has 0 radical (unpaired) electrons. The summed E-state index contributed by atoms with van der Waals surface area (Å²) in [5, 5.41) is 0. The first kappa shape index (κ1) is 14.4. The Morgan fingerprint density at radius 1 is 1.39 bits per heavy atom. The summed E-state index contributed by atoms with van der Waals surface area (Å²) in [6.45, 7) is 7.39. The molecule has 18 heavy (non-hydrogen) atoms. The molecule has 0 amide bonds. The summed E-state index contributed by atoms with van der Waals surface area (Å²) in [5.74, 6) is -0.369. The minimum absolute atomic E-state index is 0.183. The third-order valence-corrected chi connectivity index (χ3v) is 2.57. The van der Waals surface area contributed by atoms with Crippen LogP contribution in [0.15, 0.2) is 18.2 Å². The van der Waals surface area contributed by atoms with E-state index in [1.165, 1.54) is 7.11 Å². The van der Waals surface area contributed by atoms with E-state index in [2.05, 4.69) is 30.4 Å². The lowest BCUT2D eigenvalue weighted by molar-refractivity contribution is 0.0601. The lowest BCUT2D eigenvalue weighted by Crippen LogP contribution is -2.29. The minimum Gasteiger partial charge on any atom is -0.465 e. The Labute approximate surface area is 109 Å². The van der Waals surface area contributed by atoms with Gasteiger partial charge in [0.25, 0.3) is 0 Å². The lowest BCUT2D eigenvalue weighted by Gasteiger charge is -2.29. The number of rotatable bonds is 3. The van der Waals surface area contributed by atoms with Crippen molar-refractivity contribution in [3.8, 4) is 0 Å². The maximum Gasteiger partial charge on any atom is 0.337 e. The molecule has 0 spiro atoms. The van der Waals surface area contributed by atoms with Gasteiger partial charge in [-0.1, -0.05) is 20.8 Å². The number of esters is 1. The van der Waals surface area contributed by atoms with Crippen molar-refractivity contribution >= 4 is 17.3 Å². The van der Waals surface area contributed by atoms with Crippen LogP contribution in [0, 0.1) is 5.41 Å². The van der Waals surface area contributed by atoms with Gasteiger partial charge in [0.15, 0.2) is 0 Å². The molecule has 2 N–H and O–H groups in total. The highest BCUT2D eigenvalue weighted by Crippen LogP contribution is 2.26. The number of hydrogen-bond acceptors (Lipinski definition) is 4. The van der Waals surface area contributed by atoms with Gasteiger partial charge in [0.05, 0.1) is 24.0 Å². The number of nitrogen functional groups attached to an aromatic ring is 1. The Hall–Kier alpha value is -1.71. The molecule has 4 heteroatoms. The van der Waals surface area contributed by atoms with Crippen LogP contribution in [0.1, 0.15) is 31.1 Å². The second-order valence-corrected chi connectivity index (χ2v) is 5.68. The normalized spacial score (nSPS) is 11.2. The number of methoxy groups -OCH3 is 1. The molecule has 1 aromatic rings. The van der Waals surface area contributed by atoms with Crippen LogP contribution in [0.4, 0.5) is 11.4 Å². The van der Waals surface area contributed by atoms with Crippen molar-refractivity contribution in [1.29, 1.82) is 0 Å². The molecule has 0 aromatic heterocycles. The van der Waals surface area contributed by atoms with E-state index in [0.717, 1.165) is 12.2 Å². The first-order valence-corrected chi connectivity index (χ1v) is 5.93. The van der Waals surface area contributed by atoms with Crippen LogP contribution in [0.5, 0.6) is 0 Å². The number of benzene rings is 1. The van der Waals surface area contributed by atoms with Crippen LogP contribution in [0.2, 0.25) is 0 Å². The molecule has 100 valence electrons. The summed E-state index contributed by atoms with van der Waals surface area (Å²) >= 11 is 0. The van der Waals surface area contributed by atoms with Crippen LogP contribution < -0.4 is 10.6 Å². The smallest absolute Gasteiger partial charge is 0.337 e. The van der Waals surface area contributed by atoms with Crippen LogP contribution in [0.25, 0.3) is 0 Å². The summed E-state index contributed by atoms with van der Waals surface area (Å²) in [4.78, 5) is 13.5. The van der Waals surface area contributed by atoms with Gasteiger partial charge in [0.1, 0.15) is 0 Å². The molecular weight excluding hydrogens is 228 g/mol. The monoisotopic (exact) mass is 250 g/mol. The van der Waals surface area contributed by atoms with Crippen LogP contribution in [-0.4, -0.2) is 26.7 Å². The third-order valence-electron chi connectivity index (χ3n) is 2.57. The number of anilines is 2. The standard InChI is InChI=1S/C14H22N2O2/c1-14(2,3)9-16(4)12-7-6-10(8-11(12)15)13(17)18-5/h6-8H,9,15H2,1-5H3. The largest absolute Gasteiger partial charge is 0.465 e. The van der Waals surface area contributed by atoms with Gasteiger partial charge in [0, 0.05) is 13.6 Å². The van der Waals surface area contributed by atoms with E-state index in [4.69, 9.17) is 5.73 Å². The highest BCUT2D eigenvalue weighted by molar-refractivity contribution is 5.91. The zero-order chi connectivity index (χ0) is 13.9. The number of hydrogen-bond donors (Lipinski definition) is 1. The molecule has 0 unspecified atom stereocenters. The summed E-state index contributed by atoms with van der Waals surface area (Å²) < 4.78 is 4.66. The fourth-order valence-corrected chi connectivity index (χ4v) is 1.94. The quantitative estimate of drug-likeness (QED) is 0.661. The van der Waals surface area contributed by atoms with E-state index in [0.29, 0.717) is 11.3 Å². The lowest BCUT2D eigenvalue weighted by atomic mass is 9.96. The average molecular weight is 250 g/mol. The molecule has 0 saturated heterocycles. The highest BCUT2D eigenvalue weighted by atomic mass is 16.5. The zero-order valence-electron chi connectivity index (χ0n) is 11.8. The molecule has 1 rings (SSSR count). The maximum atomic E-state index is 11.4. The first-order chi connectivity index (χ1) is 8.24. The Balaban J connectivity index is 2.95. The van der Waals surface area contributed by atoms with E-state index in [-0.39, 0.29) is 11.4 Å². The molecule has 0 aliphatic rings. The fraction of sp³-hybridized carbons (Fsp3) is 0.500. The van der Waals surface area contributed by atoms with Gasteiger partial charge in [-0.3, -0.25) is 0 Å². The van der Waals surface area contributed by atoms with E-state index < -0.39 is 0 Å². The number of nitrogens with two attached hydrogens (primary N) is 1. The Kier molecular flexibility index (Phi) is 4.22. The molecule has 0 saturated carbocycles. The van der Waals surface area contributed by atoms with Crippen molar-refractivity contribution in [2.75, 3.05) is 31.3 Å². The van der Waals surface area contributed by atoms with E-state index in [1.807, 2.05) is 13.1 Å². The first-order valence-electron chi connectivity index (χ1n) is 5.93. The summed E-state index contributed by atoms with van der Waals surface area (Å²) in [7, 11) is 3.35.